The van der Waals surface area contributed by atoms with Crippen LogP contribution in [0.2, 0.25) is 0 Å². The average molecular weight is 214 g/mol. The Morgan fingerprint density at radius 1 is 1.57 bits per heavy atom. The molecule has 0 aliphatic heterocycles. The first-order chi connectivity index (χ1) is 6.76. The second kappa shape index (κ2) is 6.11. The number of hydrogen-bond acceptors (Lipinski definition) is 4. The molecular weight excluding hydrogens is 196 g/mol. The summed E-state index contributed by atoms with van der Waals surface area (Å²) >= 11 is 1.69. The summed E-state index contributed by atoms with van der Waals surface area (Å²) in [6.45, 7) is 7.29. The van der Waals surface area contributed by atoms with E-state index in [-0.39, 0.29) is 6.61 Å². The van der Waals surface area contributed by atoms with Crippen molar-refractivity contribution in [1.82, 2.24) is 9.88 Å². The van der Waals surface area contributed by atoms with Crippen molar-refractivity contribution in [1.29, 1.82) is 0 Å². The number of thiazole rings is 1. The fraction of sp³-hybridized carbons (Fsp3) is 0.700. The number of rotatable bonds is 6. The number of aliphatic hydroxyl groups is 1. The molecule has 0 fully saturated rings. The number of hydrogen-bond donors (Lipinski definition) is 1. The van der Waals surface area contributed by atoms with Crippen LogP contribution >= 0.6 is 11.3 Å². The van der Waals surface area contributed by atoms with Gasteiger partial charge < -0.3 is 5.11 Å². The first kappa shape index (κ1) is 11.6. The maximum Gasteiger partial charge on any atom is 0.0897 e. The highest BCUT2D eigenvalue weighted by Gasteiger charge is 2.05. The average Bonchev–Trinajstić information content (AvgIpc) is 2.58. The molecule has 1 heterocycles. The van der Waals surface area contributed by atoms with Crippen LogP contribution in [0.15, 0.2) is 5.38 Å². The predicted octanol–water partition coefficient (Wildman–Crippen LogP) is 1.66. The number of aryl methyl sites for hydroxylation is 1. The van der Waals surface area contributed by atoms with Gasteiger partial charge in [-0.15, -0.1) is 11.3 Å². The maximum absolute atomic E-state index is 8.74. The van der Waals surface area contributed by atoms with Crippen LogP contribution in [0.4, 0.5) is 0 Å². The predicted molar refractivity (Wildman–Crippen MR) is 59.5 cm³/mol. The highest BCUT2D eigenvalue weighted by molar-refractivity contribution is 7.09. The van der Waals surface area contributed by atoms with Crippen molar-refractivity contribution >= 4 is 11.3 Å². The Bertz CT molecular complexity index is 262. The van der Waals surface area contributed by atoms with Crippen molar-refractivity contribution in [3.05, 3.63) is 16.1 Å². The van der Waals surface area contributed by atoms with Gasteiger partial charge in [-0.1, -0.05) is 6.92 Å². The van der Waals surface area contributed by atoms with Crippen LogP contribution < -0.4 is 0 Å². The van der Waals surface area contributed by atoms with Gasteiger partial charge >= 0.3 is 0 Å². The molecule has 14 heavy (non-hydrogen) atoms. The SMILES string of the molecule is CCN(CCCO)Cc1csc(C)n1. The van der Waals surface area contributed by atoms with E-state index in [2.05, 4.69) is 22.2 Å². The molecule has 0 saturated carbocycles. The van der Waals surface area contributed by atoms with E-state index >= 15 is 0 Å². The minimum atomic E-state index is 0.270. The highest BCUT2D eigenvalue weighted by Crippen LogP contribution is 2.10. The van der Waals surface area contributed by atoms with E-state index in [4.69, 9.17) is 5.11 Å². The molecule has 0 aromatic carbocycles. The third-order valence-corrected chi connectivity index (χ3v) is 2.95. The van der Waals surface area contributed by atoms with Crippen LogP contribution in [-0.2, 0) is 6.54 Å². The topological polar surface area (TPSA) is 36.4 Å². The van der Waals surface area contributed by atoms with Gasteiger partial charge in [-0.25, -0.2) is 4.98 Å². The van der Waals surface area contributed by atoms with Gasteiger partial charge in [0.05, 0.1) is 10.7 Å². The third-order valence-electron chi connectivity index (χ3n) is 2.13. The molecule has 0 radical (unpaired) electrons. The zero-order chi connectivity index (χ0) is 10.4. The minimum Gasteiger partial charge on any atom is -0.396 e. The molecule has 1 aromatic rings. The van der Waals surface area contributed by atoms with Crippen LogP contribution in [0, 0.1) is 6.92 Å². The van der Waals surface area contributed by atoms with Gasteiger partial charge in [0.25, 0.3) is 0 Å². The summed E-state index contributed by atoms with van der Waals surface area (Å²) in [6.07, 6.45) is 0.844. The number of aromatic nitrogens is 1. The molecule has 1 N–H and O–H groups in total. The molecule has 80 valence electrons. The summed E-state index contributed by atoms with van der Waals surface area (Å²) in [6, 6.07) is 0. The Hall–Kier alpha value is -0.450. The second-order valence-corrected chi connectivity index (χ2v) is 4.37. The van der Waals surface area contributed by atoms with Crippen molar-refractivity contribution in [2.75, 3.05) is 19.7 Å². The van der Waals surface area contributed by atoms with Gasteiger partial charge in [-0.3, -0.25) is 4.90 Å². The number of nitrogens with zero attached hydrogens (tertiary/aromatic N) is 2. The van der Waals surface area contributed by atoms with E-state index in [1.165, 1.54) is 0 Å². The van der Waals surface area contributed by atoms with Crippen molar-refractivity contribution < 1.29 is 5.11 Å². The van der Waals surface area contributed by atoms with Gasteiger partial charge in [0.2, 0.25) is 0 Å². The lowest BCUT2D eigenvalue weighted by Gasteiger charge is -2.18. The summed E-state index contributed by atoms with van der Waals surface area (Å²) in [7, 11) is 0. The fourth-order valence-electron chi connectivity index (χ4n) is 1.35. The van der Waals surface area contributed by atoms with Crippen LogP contribution in [0.3, 0.4) is 0 Å². The molecule has 0 unspecified atom stereocenters. The Kier molecular flexibility index (Phi) is 5.07. The monoisotopic (exact) mass is 214 g/mol. The highest BCUT2D eigenvalue weighted by atomic mass is 32.1. The Labute approximate surface area is 89.4 Å². The summed E-state index contributed by atoms with van der Waals surface area (Å²) < 4.78 is 0. The van der Waals surface area contributed by atoms with Crippen molar-refractivity contribution in [3.8, 4) is 0 Å². The van der Waals surface area contributed by atoms with Gasteiger partial charge in [-0.05, 0) is 19.9 Å². The van der Waals surface area contributed by atoms with E-state index < -0.39 is 0 Å². The minimum absolute atomic E-state index is 0.270. The Morgan fingerprint density at radius 2 is 2.36 bits per heavy atom. The molecule has 1 aromatic heterocycles. The normalized spacial score (nSPS) is 11.1. The summed E-state index contributed by atoms with van der Waals surface area (Å²) in [4.78, 5) is 6.72. The van der Waals surface area contributed by atoms with Crippen molar-refractivity contribution in [3.63, 3.8) is 0 Å². The van der Waals surface area contributed by atoms with Gasteiger partial charge in [0.15, 0.2) is 0 Å². The molecular formula is C10H18N2OS. The second-order valence-electron chi connectivity index (χ2n) is 3.30. The largest absolute Gasteiger partial charge is 0.396 e. The van der Waals surface area contributed by atoms with E-state index in [1.54, 1.807) is 11.3 Å². The lowest BCUT2D eigenvalue weighted by molar-refractivity contribution is 0.224. The van der Waals surface area contributed by atoms with Gasteiger partial charge in [-0.2, -0.15) is 0 Å². The molecule has 0 aliphatic rings. The molecule has 4 heteroatoms. The molecule has 3 nitrogen and oxygen atoms in total. The van der Waals surface area contributed by atoms with Crippen LogP contribution in [0.25, 0.3) is 0 Å². The van der Waals surface area contributed by atoms with E-state index in [0.29, 0.717) is 0 Å². The first-order valence-electron chi connectivity index (χ1n) is 5.00. The van der Waals surface area contributed by atoms with Crippen LogP contribution in [0.5, 0.6) is 0 Å². The van der Waals surface area contributed by atoms with E-state index in [0.717, 1.165) is 36.8 Å². The van der Waals surface area contributed by atoms with E-state index in [1.807, 2.05) is 6.92 Å². The quantitative estimate of drug-likeness (QED) is 0.782. The third kappa shape index (κ3) is 3.74. The van der Waals surface area contributed by atoms with Crippen molar-refractivity contribution in [2.45, 2.75) is 26.8 Å². The van der Waals surface area contributed by atoms with Gasteiger partial charge in [0.1, 0.15) is 0 Å². The van der Waals surface area contributed by atoms with E-state index in [9.17, 15) is 0 Å². The molecule has 0 atom stereocenters. The lowest BCUT2D eigenvalue weighted by Crippen LogP contribution is -2.24. The Morgan fingerprint density at radius 3 is 2.86 bits per heavy atom. The zero-order valence-corrected chi connectivity index (χ0v) is 9.68. The van der Waals surface area contributed by atoms with Gasteiger partial charge in [0, 0.05) is 25.1 Å². The lowest BCUT2D eigenvalue weighted by atomic mass is 10.3. The molecule has 0 saturated heterocycles. The smallest absolute Gasteiger partial charge is 0.0897 e. The Balaban J connectivity index is 2.40. The first-order valence-corrected chi connectivity index (χ1v) is 5.88. The standard InChI is InChI=1S/C10H18N2OS/c1-3-12(5-4-6-13)7-10-8-14-9(2)11-10/h8,13H,3-7H2,1-2H3. The van der Waals surface area contributed by atoms with Crippen LogP contribution in [-0.4, -0.2) is 34.7 Å². The molecule has 0 aliphatic carbocycles. The summed E-state index contributed by atoms with van der Waals surface area (Å²) in [5.41, 5.74) is 1.15. The fourth-order valence-corrected chi connectivity index (χ4v) is 1.96. The summed E-state index contributed by atoms with van der Waals surface area (Å²) in [5, 5.41) is 12.0. The summed E-state index contributed by atoms with van der Waals surface area (Å²) in [5.74, 6) is 0. The maximum atomic E-state index is 8.74. The number of aliphatic hydroxyl groups excluding tert-OH is 1. The molecule has 0 bridgehead atoms. The molecule has 0 spiro atoms. The molecule has 1 rings (SSSR count). The van der Waals surface area contributed by atoms with Crippen molar-refractivity contribution in [2.24, 2.45) is 0 Å². The van der Waals surface area contributed by atoms with Crippen LogP contribution in [0.1, 0.15) is 24.0 Å². The molecule has 0 amide bonds. The zero-order valence-electron chi connectivity index (χ0n) is 8.86.